The van der Waals surface area contributed by atoms with Crippen LogP contribution >= 0.6 is 34.8 Å². The minimum Gasteiger partial charge on any atom is -0.354 e. The first-order valence-corrected chi connectivity index (χ1v) is 17.4. The zero-order valence-electron chi connectivity index (χ0n) is 25.8. The molecule has 4 aromatic carbocycles. The fourth-order valence-corrected chi connectivity index (χ4v) is 7.06. The van der Waals surface area contributed by atoms with Crippen molar-refractivity contribution in [1.29, 1.82) is 0 Å². The summed E-state index contributed by atoms with van der Waals surface area (Å²) in [6, 6.07) is 24.5. The van der Waals surface area contributed by atoms with Gasteiger partial charge in [0.05, 0.1) is 10.6 Å². The van der Waals surface area contributed by atoms with Crippen LogP contribution in [0.15, 0.2) is 95.9 Å². The predicted octanol–water partition coefficient (Wildman–Crippen LogP) is 7.63. The van der Waals surface area contributed by atoms with Crippen LogP contribution in [-0.2, 0) is 32.6 Å². The third-order valence-corrected chi connectivity index (χ3v) is 10.1. The van der Waals surface area contributed by atoms with Crippen LogP contribution in [0.5, 0.6) is 0 Å². The van der Waals surface area contributed by atoms with Crippen LogP contribution < -0.4 is 9.62 Å². The SMILES string of the molecule is CCCNC(=O)C(Cc1ccccc1)N(Cc1ccc(Cl)cc1Cl)C(=O)CN(c1cc(Cl)ccc1C)S(=O)(=O)c1ccc(C)cc1. The third-order valence-electron chi connectivity index (χ3n) is 7.50. The molecule has 0 spiro atoms. The van der Waals surface area contributed by atoms with E-state index in [-0.39, 0.29) is 29.5 Å². The normalized spacial score (nSPS) is 12.0. The van der Waals surface area contributed by atoms with Gasteiger partial charge in [0, 0.05) is 34.6 Å². The number of benzene rings is 4. The lowest BCUT2D eigenvalue weighted by Gasteiger charge is -2.34. The van der Waals surface area contributed by atoms with Crippen LogP contribution in [0.2, 0.25) is 15.1 Å². The van der Waals surface area contributed by atoms with E-state index >= 15 is 0 Å². The molecular weight excluding hydrogens is 665 g/mol. The van der Waals surface area contributed by atoms with E-state index in [1.807, 2.05) is 44.2 Å². The zero-order chi connectivity index (χ0) is 33.4. The van der Waals surface area contributed by atoms with Crippen molar-refractivity contribution in [3.8, 4) is 0 Å². The van der Waals surface area contributed by atoms with Crippen molar-refractivity contribution in [2.24, 2.45) is 0 Å². The number of halogens is 3. The fourth-order valence-electron chi connectivity index (χ4n) is 4.96. The van der Waals surface area contributed by atoms with Gasteiger partial charge < -0.3 is 10.2 Å². The molecule has 1 unspecified atom stereocenters. The Bertz CT molecular complexity index is 1790. The summed E-state index contributed by atoms with van der Waals surface area (Å²) in [7, 11) is -4.26. The van der Waals surface area contributed by atoms with E-state index in [0.29, 0.717) is 39.2 Å². The summed E-state index contributed by atoms with van der Waals surface area (Å²) >= 11 is 19.1. The van der Waals surface area contributed by atoms with Crippen LogP contribution in [-0.4, -0.2) is 44.3 Å². The monoisotopic (exact) mass is 699 g/mol. The van der Waals surface area contributed by atoms with Crippen LogP contribution in [0.1, 0.15) is 35.6 Å². The number of sulfonamides is 1. The van der Waals surface area contributed by atoms with Gasteiger partial charge in [0.25, 0.3) is 10.0 Å². The van der Waals surface area contributed by atoms with Crippen LogP contribution in [0, 0.1) is 13.8 Å². The van der Waals surface area contributed by atoms with Gasteiger partial charge in [-0.15, -0.1) is 0 Å². The van der Waals surface area contributed by atoms with E-state index in [4.69, 9.17) is 34.8 Å². The molecule has 4 rings (SSSR count). The molecule has 0 saturated heterocycles. The molecule has 0 radical (unpaired) electrons. The van der Waals surface area contributed by atoms with E-state index in [1.165, 1.54) is 23.1 Å². The lowest BCUT2D eigenvalue weighted by atomic mass is 10.0. The molecular formula is C35H36Cl3N3O4S. The molecule has 0 aromatic heterocycles. The fraction of sp³-hybridized carbons (Fsp3) is 0.257. The molecule has 0 heterocycles. The van der Waals surface area contributed by atoms with Gasteiger partial charge in [-0.25, -0.2) is 8.42 Å². The molecule has 7 nitrogen and oxygen atoms in total. The quantitative estimate of drug-likeness (QED) is 0.156. The summed E-state index contributed by atoms with van der Waals surface area (Å²) in [6.07, 6.45) is 0.881. The Labute approximate surface area is 286 Å². The molecule has 0 aliphatic heterocycles. The number of hydrogen-bond donors (Lipinski definition) is 1. The summed E-state index contributed by atoms with van der Waals surface area (Å²) in [5, 5.41) is 3.96. The highest BCUT2D eigenvalue weighted by atomic mass is 35.5. The van der Waals surface area contributed by atoms with Crippen molar-refractivity contribution in [3.05, 3.63) is 128 Å². The van der Waals surface area contributed by atoms with Gasteiger partial charge >= 0.3 is 0 Å². The smallest absolute Gasteiger partial charge is 0.264 e. The van der Waals surface area contributed by atoms with Gasteiger partial charge in [0.15, 0.2) is 0 Å². The molecule has 11 heteroatoms. The number of amides is 2. The van der Waals surface area contributed by atoms with Gasteiger partial charge in [-0.1, -0.05) is 102 Å². The molecule has 0 bridgehead atoms. The highest BCUT2D eigenvalue weighted by Crippen LogP contribution is 2.31. The Morgan fingerprint density at radius 1 is 0.848 bits per heavy atom. The second-order valence-corrected chi connectivity index (χ2v) is 14.2. The molecule has 0 saturated carbocycles. The van der Waals surface area contributed by atoms with Crippen molar-refractivity contribution in [2.45, 2.75) is 51.1 Å². The maximum Gasteiger partial charge on any atom is 0.264 e. The first kappa shape index (κ1) is 35.3. The van der Waals surface area contributed by atoms with Crippen LogP contribution in [0.3, 0.4) is 0 Å². The van der Waals surface area contributed by atoms with Gasteiger partial charge in [-0.3, -0.25) is 13.9 Å². The number of anilines is 1. The number of nitrogens with one attached hydrogen (secondary N) is 1. The number of hydrogen-bond acceptors (Lipinski definition) is 4. The number of nitrogens with zero attached hydrogens (tertiary/aromatic N) is 2. The van der Waals surface area contributed by atoms with Crippen molar-refractivity contribution in [2.75, 3.05) is 17.4 Å². The average molecular weight is 701 g/mol. The number of carbonyl (C=O) groups is 2. The van der Waals surface area contributed by atoms with Crippen LogP contribution in [0.25, 0.3) is 0 Å². The average Bonchev–Trinajstić information content (AvgIpc) is 3.03. The van der Waals surface area contributed by atoms with Gasteiger partial charge in [-0.05, 0) is 73.4 Å². The molecule has 0 aliphatic carbocycles. The van der Waals surface area contributed by atoms with Crippen molar-refractivity contribution >= 4 is 62.3 Å². The Morgan fingerprint density at radius 3 is 2.15 bits per heavy atom. The van der Waals surface area contributed by atoms with Crippen molar-refractivity contribution < 1.29 is 18.0 Å². The molecule has 1 N–H and O–H groups in total. The van der Waals surface area contributed by atoms with Crippen molar-refractivity contribution in [1.82, 2.24) is 10.2 Å². The molecule has 4 aromatic rings. The van der Waals surface area contributed by atoms with Crippen molar-refractivity contribution in [3.63, 3.8) is 0 Å². The first-order chi connectivity index (χ1) is 21.9. The second kappa shape index (κ2) is 15.8. The molecule has 1 atom stereocenters. The summed E-state index contributed by atoms with van der Waals surface area (Å²) in [5.74, 6) is -0.968. The Kier molecular flexibility index (Phi) is 12.1. The maximum atomic E-state index is 14.6. The minimum absolute atomic E-state index is 0.0131. The lowest BCUT2D eigenvalue weighted by Crippen LogP contribution is -2.53. The Balaban J connectivity index is 1.85. The Hall–Kier alpha value is -3.56. The van der Waals surface area contributed by atoms with Crippen LogP contribution in [0.4, 0.5) is 5.69 Å². The number of rotatable bonds is 13. The summed E-state index contributed by atoms with van der Waals surface area (Å²) < 4.78 is 29.6. The Morgan fingerprint density at radius 2 is 1.50 bits per heavy atom. The highest BCUT2D eigenvalue weighted by Gasteiger charge is 2.35. The summed E-state index contributed by atoms with van der Waals surface area (Å²) in [5.41, 5.74) is 3.11. The molecule has 46 heavy (non-hydrogen) atoms. The van der Waals surface area contributed by atoms with Gasteiger partial charge in [-0.2, -0.15) is 0 Å². The maximum absolute atomic E-state index is 14.6. The largest absolute Gasteiger partial charge is 0.354 e. The number of carbonyl (C=O) groups excluding carboxylic acids is 2. The highest BCUT2D eigenvalue weighted by molar-refractivity contribution is 7.92. The van der Waals surface area contributed by atoms with E-state index in [1.54, 1.807) is 49.4 Å². The van der Waals surface area contributed by atoms with Gasteiger partial charge in [0.2, 0.25) is 11.8 Å². The van der Waals surface area contributed by atoms with E-state index in [2.05, 4.69) is 5.32 Å². The lowest BCUT2D eigenvalue weighted by molar-refractivity contribution is -0.140. The summed E-state index contributed by atoms with van der Waals surface area (Å²) in [6.45, 7) is 5.27. The second-order valence-electron chi connectivity index (χ2n) is 11.0. The van der Waals surface area contributed by atoms with E-state index in [0.717, 1.165) is 15.4 Å². The number of aryl methyl sites for hydroxylation is 2. The third kappa shape index (κ3) is 8.82. The minimum atomic E-state index is -4.26. The topological polar surface area (TPSA) is 86.8 Å². The predicted molar refractivity (Wildman–Crippen MR) is 186 cm³/mol. The van der Waals surface area contributed by atoms with E-state index < -0.39 is 28.5 Å². The standard InChI is InChI=1S/C35H36Cl3N3O4S/c1-4-18-39-35(43)33(19-26-8-6-5-7-9-26)40(22-27-13-15-28(36)20-31(27)38)34(42)23-41(32-21-29(37)14-12-25(32)3)46(44,45)30-16-10-24(2)11-17-30/h5-17,20-21,33H,4,18-19,22-23H2,1-3H3,(H,39,43). The molecule has 242 valence electrons. The first-order valence-electron chi connectivity index (χ1n) is 14.8. The van der Waals surface area contributed by atoms with Gasteiger partial charge in [0.1, 0.15) is 12.6 Å². The summed E-state index contributed by atoms with van der Waals surface area (Å²) in [4.78, 5) is 29.8. The van der Waals surface area contributed by atoms with E-state index in [9.17, 15) is 18.0 Å². The molecule has 2 amide bonds. The molecule has 0 aliphatic rings. The zero-order valence-corrected chi connectivity index (χ0v) is 28.9. The molecule has 0 fully saturated rings.